The van der Waals surface area contributed by atoms with E-state index in [1.54, 1.807) is 6.21 Å². The van der Waals surface area contributed by atoms with Gasteiger partial charge in [-0.1, -0.05) is 27.2 Å². The van der Waals surface area contributed by atoms with Gasteiger partial charge in [0.15, 0.2) is 0 Å². The van der Waals surface area contributed by atoms with Crippen molar-refractivity contribution in [3.05, 3.63) is 0 Å². The molecule has 0 bridgehead atoms. The monoisotopic (exact) mass is 390 g/mol. The minimum absolute atomic E-state index is 0.0570. The van der Waals surface area contributed by atoms with E-state index >= 15 is 0 Å². The highest BCUT2D eigenvalue weighted by Gasteiger charge is 2.57. The first-order chi connectivity index (χ1) is 13.2. The first kappa shape index (κ1) is 21.3. The Hall–Kier alpha value is -1.43. The van der Waals surface area contributed by atoms with E-state index in [4.69, 9.17) is 11.5 Å². The molecule has 3 rings (SSSR count). The van der Waals surface area contributed by atoms with Gasteiger partial charge in [0, 0.05) is 17.5 Å². The molecule has 5 N–H and O–H groups in total. The van der Waals surface area contributed by atoms with E-state index in [1.165, 1.54) is 0 Å². The normalized spacial score (nSPS) is 43.4. The fraction of sp³-hybridized carbons (Fsp3) is 0.864. The third-order valence-corrected chi connectivity index (χ3v) is 8.27. The molecule has 28 heavy (non-hydrogen) atoms. The van der Waals surface area contributed by atoms with Crippen molar-refractivity contribution in [3.63, 3.8) is 0 Å². The largest absolute Gasteiger partial charge is 0.393 e. The van der Waals surface area contributed by atoms with E-state index in [-0.39, 0.29) is 34.7 Å². The van der Waals surface area contributed by atoms with Crippen LogP contribution in [0, 0.1) is 34.5 Å². The Morgan fingerprint density at radius 1 is 1.29 bits per heavy atom. The summed E-state index contributed by atoms with van der Waals surface area (Å²) in [6.45, 7) is 6.76. The lowest BCUT2D eigenvalue weighted by Crippen LogP contribution is -2.56. The third-order valence-electron chi connectivity index (χ3n) is 8.27. The molecule has 3 aliphatic rings. The highest BCUT2D eigenvalue weighted by molar-refractivity contribution is 5.88. The molecule has 1 unspecified atom stereocenters. The van der Waals surface area contributed by atoms with Crippen molar-refractivity contribution >= 4 is 18.0 Å². The second-order valence-corrected chi connectivity index (χ2v) is 10.0. The number of hydrogen-bond donors (Lipinski definition) is 3. The average molecular weight is 391 g/mol. The quantitative estimate of drug-likeness (QED) is 0.380. The van der Waals surface area contributed by atoms with E-state index in [1.807, 2.05) is 0 Å². The molecule has 3 aliphatic carbocycles. The number of ketones is 1. The number of aliphatic hydroxyl groups is 1. The number of carbonyl (C=O) groups excluding carboxylic acids is 1. The lowest BCUT2D eigenvalue weighted by Gasteiger charge is -2.59. The average Bonchev–Trinajstić information content (AvgIpc) is 2.63. The van der Waals surface area contributed by atoms with Crippen molar-refractivity contribution in [2.24, 2.45) is 56.2 Å². The van der Waals surface area contributed by atoms with Crippen LogP contribution < -0.4 is 11.5 Å². The number of carbonyl (C=O) groups is 1. The maximum atomic E-state index is 13.4. The molecule has 0 aromatic heterocycles. The van der Waals surface area contributed by atoms with Crippen molar-refractivity contribution in [2.45, 2.75) is 84.7 Å². The molecule has 0 aromatic carbocycles. The SMILES string of the molecule is CCC[C@@]1(C)CC[C@H]2[C@@H](CC[C@@H]3C[C@@H](O)C(C/C=N/N=C(N)N)C[C@@]32C)C1=O. The Bertz CT molecular complexity index is 644. The molecule has 158 valence electrons. The van der Waals surface area contributed by atoms with Crippen LogP contribution in [0.3, 0.4) is 0 Å². The highest BCUT2D eigenvalue weighted by Crippen LogP contribution is 2.61. The van der Waals surface area contributed by atoms with Crippen LogP contribution in [0.5, 0.6) is 0 Å². The van der Waals surface area contributed by atoms with Crippen LogP contribution in [0.15, 0.2) is 10.2 Å². The van der Waals surface area contributed by atoms with Crippen LogP contribution in [0.2, 0.25) is 0 Å². The van der Waals surface area contributed by atoms with E-state index in [0.717, 1.165) is 51.4 Å². The van der Waals surface area contributed by atoms with Crippen molar-refractivity contribution in [1.82, 2.24) is 0 Å². The molecule has 0 spiro atoms. The van der Waals surface area contributed by atoms with Gasteiger partial charge in [0.25, 0.3) is 0 Å². The van der Waals surface area contributed by atoms with Crippen LogP contribution >= 0.6 is 0 Å². The molecule has 0 aromatic rings. The lowest BCUT2D eigenvalue weighted by molar-refractivity contribution is -0.157. The number of aliphatic hydroxyl groups excluding tert-OH is 1. The molecule has 0 heterocycles. The van der Waals surface area contributed by atoms with Crippen LogP contribution in [0.4, 0.5) is 0 Å². The van der Waals surface area contributed by atoms with Gasteiger partial charge in [0.05, 0.1) is 6.10 Å². The van der Waals surface area contributed by atoms with E-state index in [0.29, 0.717) is 24.0 Å². The van der Waals surface area contributed by atoms with Gasteiger partial charge in [-0.25, -0.2) is 0 Å². The fourth-order valence-electron chi connectivity index (χ4n) is 6.78. The van der Waals surface area contributed by atoms with Gasteiger partial charge in [-0.3, -0.25) is 4.79 Å². The molecule has 7 atom stereocenters. The Labute approximate surface area is 169 Å². The summed E-state index contributed by atoms with van der Waals surface area (Å²) in [5.74, 6) is 1.78. The Morgan fingerprint density at radius 2 is 2.04 bits per heavy atom. The predicted octanol–water partition coefficient (Wildman–Crippen LogP) is 3.22. The van der Waals surface area contributed by atoms with Crippen molar-refractivity contribution in [1.29, 1.82) is 0 Å². The number of nitrogens with zero attached hydrogens (tertiary/aromatic N) is 2. The summed E-state index contributed by atoms with van der Waals surface area (Å²) in [5.41, 5.74) is 10.6. The lowest BCUT2D eigenvalue weighted by atomic mass is 9.45. The molecule has 3 fully saturated rings. The zero-order valence-corrected chi connectivity index (χ0v) is 17.7. The number of Topliss-reactive ketones (excluding diaryl/α,β-unsaturated/α-hetero) is 1. The van der Waals surface area contributed by atoms with Gasteiger partial charge < -0.3 is 16.6 Å². The van der Waals surface area contributed by atoms with Crippen molar-refractivity contribution in [2.75, 3.05) is 0 Å². The number of rotatable bonds is 5. The molecular formula is C22H38N4O2. The fourth-order valence-corrected chi connectivity index (χ4v) is 6.78. The van der Waals surface area contributed by atoms with Crippen LogP contribution in [-0.4, -0.2) is 29.2 Å². The number of hydrogen-bond acceptors (Lipinski definition) is 4. The predicted molar refractivity (Wildman–Crippen MR) is 113 cm³/mol. The zero-order chi connectivity index (χ0) is 20.5. The van der Waals surface area contributed by atoms with E-state index in [9.17, 15) is 9.90 Å². The Balaban J connectivity index is 1.76. The number of fused-ring (bicyclic) bond motifs is 3. The summed E-state index contributed by atoms with van der Waals surface area (Å²) >= 11 is 0. The second kappa shape index (κ2) is 8.13. The Kier molecular flexibility index (Phi) is 6.18. The van der Waals surface area contributed by atoms with Crippen LogP contribution in [-0.2, 0) is 4.79 Å². The maximum absolute atomic E-state index is 13.4. The third kappa shape index (κ3) is 3.85. The van der Waals surface area contributed by atoms with Crippen molar-refractivity contribution < 1.29 is 9.90 Å². The summed E-state index contributed by atoms with van der Waals surface area (Å²) in [7, 11) is 0. The summed E-state index contributed by atoms with van der Waals surface area (Å²) in [4.78, 5) is 13.4. The molecular weight excluding hydrogens is 352 g/mol. The first-order valence-electron chi connectivity index (χ1n) is 11.0. The van der Waals surface area contributed by atoms with Crippen LogP contribution in [0.1, 0.15) is 78.6 Å². The van der Waals surface area contributed by atoms with Gasteiger partial charge in [0.2, 0.25) is 5.96 Å². The van der Waals surface area contributed by atoms with Gasteiger partial charge in [0.1, 0.15) is 5.78 Å². The maximum Gasteiger partial charge on any atom is 0.211 e. The number of nitrogens with two attached hydrogens (primary N) is 2. The summed E-state index contributed by atoms with van der Waals surface area (Å²) < 4.78 is 0. The van der Waals surface area contributed by atoms with Gasteiger partial charge in [-0.2, -0.15) is 5.10 Å². The smallest absolute Gasteiger partial charge is 0.211 e. The van der Waals surface area contributed by atoms with Gasteiger partial charge >= 0.3 is 0 Å². The first-order valence-corrected chi connectivity index (χ1v) is 11.0. The second-order valence-electron chi connectivity index (χ2n) is 10.0. The van der Waals surface area contributed by atoms with Crippen molar-refractivity contribution in [3.8, 4) is 0 Å². The molecule has 6 heteroatoms. The minimum atomic E-state index is -0.315. The molecule has 0 amide bonds. The molecule has 3 saturated carbocycles. The molecule has 0 radical (unpaired) electrons. The van der Waals surface area contributed by atoms with Gasteiger partial charge in [-0.05, 0) is 74.5 Å². The van der Waals surface area contributed by atoms with Gasteiger partial charge in [-0.15, -0.1) is 5.10 Å². The standard InChI is InChI=1S/C22H38N4O2/c1-4-9-21(2)10-7-17-16(19(21)28)6-5-15-12-18(27)14(13-22(15,17)3)8-11-25-26-20(23)24/h11,14-18,27H,4-10,12-13H2,1-3H3,(H4,23,24,26)/b25-11+/t14?,15-,16-,17+,18-,21+,22+/m1/s1. The summed E-state index contributed by atoms with van der Waals surface area (Å²) in [6, 6.07) is 0. The zero-order valence-electron chi connectivity index (χ0n) is 17.7. The Morgan fingerprint density at radius 3 is 2.71 bits per heavy atom. The van der Waals surface area contributed by atoms with E-state index < -0.39 is 0 Å². The van der Waals surface area contributed by atoms with E-state index in [2.05, 4.69) is 31.0 Å². The minimum Gasteiger partial charge on any atom is -0.393 e. The molecule has 0 aliphatic heterocycles. The molecule has 6 nitrogen and oxygen atoms in total. The summed E-state index contributed by atoms with van der Waals surface area (Å²) in [5, 5.41) is 18.3. The van der Waals surface area contributed by atoms with Crippen LogP contribution in [0.25, 0.3) is 0 Å². The summed E-state index contributed by atoms with van der Waals surface area (Å²) in [6.07, 6.45) is 10.2. The topological polar surface area (TPSA) is 114 Å². The highest BCUT2D eigenvalue weighted by atomic mass is 16.3. The number of guanidine groups is 1. The molecule has 0 saturated heterocycles.